The highest BCUT2D eigenvalue weighted by molar-refractivity contribution is 5.91. The Hall–Kier alpha value is -2.28. The summed E-state index contributed by atoms with van der Waals surface area (Å²) in [5, 5.41) is 3.07. The van der Waals surface area contributed by atoms with Gasteiger partial charge in [0.05, 0.1) is 27.2 Å². The minimum atomic E-state index is -0.652. The van der Waals surface area contributed by atoms with Crippen molar-refractivity contribution in [3.63, 3.8) is 0 Å². The number of nitrogens with one attached hydrogen (secondary N) is 1. The fourth-order valence-corrected chi connectivity index (χ4v) is 2.80. The van der Waals surface area contributed by atoms with E-state index in [0.717, 1.165) is 19.4 Å². The maximum atomic E-state index is 12.4. The summed E-state index contributed by atoms with van der Waals surface area (Å²) in [5.74, 6) is -0.456. The predicted octanol–water partition coefficient (Wildman–Crippen LogP) is 2.03. The highest BCUT2D eigenvalue weighted by atomic mass is 16.6. The van der Waals surface area contributed by atoms with Crippen LogP contribution in [0.1, 0.15) is 37.7 Å². The number of hydrogen-bond donors (Lipinski definition) is 1. The van der Waals surface area contributed by atoms with Gasteiger partial charge in [0.1, 0.15) is 6.04 Å². The first-order chi connectivity index (χ1) is 12.0. The summed E-state index contributed by atoms with van der Waals surface area (Å²) in [6.45, 7) is 2.43. The molecular formula is C18H25NO6. The largest absolute Gasteiger partial charge is 0.493 e. The zero-order valence-electron chi connectivity index (χ0n) is 15.1. The zero-order chi connectivity index (χ0) is 18.4. The van der Waals surface area contributed by atoms with Crippen molar-refractivity contribution < 1.29 is 28.5 Å². The van der Waals surface area contributed by atoms with Crippen LogP contribution in [0.4, 0.5) is 0 Å². The van der Waals surface area contributed by atoms with Crippen LogP contribution in [-0.2, 0) is 14.3 Å². The summed E-state index contributed by atoms with van der Waals surface area (Å²) < 4.78 is 20.9. The van der Waals surface area contributed by atoms with Crippen LogP contribution >= 0.6 is 0 Å². The van der Waals surface area contributed by atoms with E-state index in [1.807, 2.05) is 0 Å². The standard InChI is InChI=1S/C18H25NO6/c1-11(17(20)25-18(21)13-7-5-6-8-19-13)12-9-14(22-2)16(24-4)15(10-12)23-3/h9-11,13,19H,5-8H2,1-4H3. The molecule has 1 aliphatic heterocycles. The molecule has 0 amide bonds. The molecule has 0 aliphatic carbocycles. The molecule has 1 aliphatic rings. The maximum absolute atomic E-state index is 12.4. The fraction of sp³-hybridized carbons (Fsp3) is 0.556. The second-order valence-electron chi connectivity index (χ2n) is 5.92. The van der Waals surface area contributed by atoms with Crippen LogP contribution in [0.25, 0.3) is 0 Å². The van der Waals surface area contributed by atoms with Crippen LogP contribution in [0.5, 0.6) is 17.2 Å². The number of carbonyl (C=O) groups is 2. The smallest absolute Gasteiger partial charge is 0.330 e. The first-order valence-electron chi connectivity index (χ1n) is 8.30. The lowest BCUT2D eigenvalue weighted by atomic mass is 10.00. The Balaban J connectivity index is 2.14. The summed E-state index contributed by atoms with van der Waals surface area (Å²) in [5.41, 5.74) is 0.615. The Labute approximate surface area is 147 Å². The summed E-state index contributed by atoms with van der Waals surface area (Å²) >= 11 is 0. The molecule has 0 bridgehead atoms. The van der Waals surface area contributed by atoms with E-state index >= 15 is 0 Å². The molecule has 0 radical (unpaired) electrons. The molecule has 1 fully saturated rings. The van der Waals surface area contributed by atoms with E-state index in [4.69, 9.17) is 18.9 Å². The lowest BCUT2D eigenvalue weighted by molar-refractivity contribution is -0.162. The number of benzene rings is 1. The lowest BCUT2D eigenvalue weighted by Gasteiger charge is -2.22. The molecule has 1 N–H and O–H groups in total. The predicted molar refractivity (Wildman–Crippen MR) is 91.3 cm³/mol. The number of rotatable bonds is 6. The summed E-state index contributed by atoms with van der Waals surface area (Å²) in [4.78, 5) is 24.5. The van der Waals surface area contributed by atoms with Gasteiger partial charge in [-0.2, -0.15) is 0 Å². The maximum Gasteiger partial charge on any atom is 0.330 e. The highest BCUT2D eigenvalue weighted by Crippen LogP contribution is 2.40. The third kappa shape index (κ3) is 4.42. The minimum Gasteiger partial charge on any atom is -0.493 e. The fourth-order valence-electron chi connectivity index (χ4n) is 2.80. The van der Waals surface area contributed by atoms with Crippen molar-refractivity contribution in [3.05, 3.63) is 17.7 Å². The van der Waals surface area contributed by atoms with Gasteiger partial charge in [-0.3, -0.25) is 4.79 Å². The molecule has 2 unspecified atom stereocenters. The Morgan fingerprint density at radius 1 is 1.08 bits per heavy atom. The number of esters is 2. The number of methoxy groups -OCH3 is 3. The molecule has 7 nitrogen and oxygen atoms in total. The average molecular weight is 351 g/mol. The van der Waals surface area contributed by atoms with Gasteiger partial charge in [-0.25, -0.2) is 4.79 Å². The second-order valence-corrected chi connectivity index (χ2v) is 5.92. The molecule has 0 spiro atoms. The van der Waals surface area contributed by atoms with Gasteiger partial charge in [0.15, 0.2) is 11.5 Å². The SMILES string of the molecule is COc1cc(C(C)C(=O)OC(=O)C2CCCCN2)cc(OC)c1OC. The molecular weight excluding hydrogens is 326 g/mol. The van der Waals surface area contributed by atoms with Crippen molar-refractivity contribution in [1.29, 1.82) is 0 Å². The number of carbonyl (C=O) groups excluding carboxylic acids is 2. The normalized spacial score (nSPS) is 18.2. The van der Waals surface area contributed by atoms with Crippen molar-refractivity contribution in [2.24, 2.45) is 0 Å². The van der Waals surface area contributed by atoms with Crippen LogP contribution in [-0.4, -0.2) is 45.9 Å². The van der Waals surface area contributed by atoms with Crippen molar-refractivity contribution in [3.8, 4) is 17.2 Å². The summed E-state index contributed by atoms with van der Waals surface area (Å²) in [6, 6.07) is 2.94. The molecule has 138 valence electrons. The second kappa shape index (κ2) is 8.71. The third-order valence-electron chi connectivity index (χ3n) is 4.34. The molecule has 1 aromatic rings. The number of ether oxygens (including phenoxy) is 4. The van der Waals surface area contributed by atoms with Gasteiger partial charge in [-0.1, -0.05) is 6.42 Å². The molecule has 1 saturated heterocycles. The molecule has 1 aromatic carbocycles. The van der Waals surface area contributed by atoms with E-state index < -0.39 is 23.9 Å². The molecule has 2 rings (SSSR count). The first kappa shape index (κ1) is 19.1. The van der Waals surface area contributed by atoms with Gasteiger partial charge in [0.2, 0.25) is 5.75 Å². The zero-order valence-corrected chi connectivity index (χ0v) is 15.1. The lowest BCUT2D eigenvalue weighted by Crippen LogP contribution is -2.42. The van der Waals surface area contributed by atoms with E-state index in [-0.39, 0.29) is 0 Å². The van der Waals surface area contributed by atoms with Gasteiger partial charge in [-0.05, 0) is 44.0 Å². The summed E-state index contributed by atoms with van der Waals surface area (Å²) in [7, 11) is 4.51. The van der Waals surface area contributed by atoms with Gasteiger partial charge >= 0.3 is 11.9 Å². The number of hydrogen-bond acceptors (Lipinski definition) is 7. The van der Waals surface area contributed by atoms with Crippen molar-refractivity contribution >= 4 is 11.9 Å². The Kier molecular flexibility index (Phi) is 6.64. The van der Waals surface area contributed by atoms with Gasteiger partial charge in [-0.15, -0.1) is 0 Å². The number of piperidine rings is 1. The van der Waals surface area contributed by atoms with E-state index in [2.05, 4.69) is 5.32 Å². The van der Waals surface area contributed by atoms with Crippen molar-refractivity contribution in [2.45, 2.75) is 38.1 Å². The topological polar surface area (TPSA) is 83.1 Å². The van der Waals surface area contributed by atoms with E-state index in [1.54, 1.807) is 19.1 Å². The van der Waals surface area contributed by atoms with Gasteiger partial charge in [0, 0.05) is 0 Å². The van der Waals surface area contributed by atoms with Crippen LogP contribution in [0.2, 0.25) is 0 Å². The highest BCUT2D eigenvalue weighted by Gasteiger charge is 2.28. The van der Waals surface area contributed by atoms with E-state index in [9.17, 15) is 9.59 Å². The van der Waals surface area contributed by atoms with Crippen LogP contribution in [0.3, 0.4) is 0 Å². The average Bonchev–Trinajstić information content (AvgIpc) is 2.66. The first-order valence-corrected chi connectivity index (χ1v) is 8.30. The van der Waals surface area contributed by atoms with Gasteiger partial charge < -0.3 is 24.3 Å². The molecule has 7 heteroatoms. The Morgan fingerprint density at radius 3 is 2.20 bits per heavy atom. The molecule has 1 heterocycles. The summed E-state index contributed by atoms with van der Waals surface area (Å²) in [6.07, 6.45) is 2.66. The monoisotopic (exact) mass is 351 g/mol. The molecule has 0 aromatic heterocycles. The minimum absolute atomic E-state index is 0.412. The molecule has 2 atom stereocenters. The van der Waals surface area contributed by atoms with Crippen LogP contribution in [0.15, 0.2) is 12.1 Å². The quantitative estimate of drug-likeness (QED) is 0.620. The Bertz CT molecular complexity index is 599. The van der Waals surface area contributed by atoms with E-state index in [0.29, 0.717) is 29.2 Å². The van der Waals surface area contributed by atoms with E-state index in [1.165, 1.54) is 21.3 Å². The third-order valence-corrected chi connectivity index (χ3v) is 4.34. The molecule has 25 heavy (non-hydrogen) atoms. The molecule has 0 saturated carbocycles. The van der Waals surface area contributed by atoms with Crippen molar-refractivity contribution in [2.75, 3.05) is 27.9 Å². The van der Waals surface area contributed by atoms with Gasteiger partial charge in [0.25, 0.3) is 0 Å². The van der Waals surface area contributed by atoms with Crippen LogP contribution in [0, 0.1) is 0 Å². The van der Waals surface area contributed by atoms with Crippen LogP contribution < -0.4 is 19.5 Å². The Morgan fingerprint density at radius 2 is 1.72 bits per heavy atom. The van der Waals surface area contributed by atoms with Crippen molar-refractivity contribution in [1.82, 2.24) is 5.32 Å².